The molecule has 3 heterocycles. The zero-order valence-corrected chi connectivity index (χ0v) is 22.6. The Hall–Kier alpha value is -3.59. The van der Waals surface area contributed by atoms with E-state index in [1.807, 2.05) is 6.07 Å². The molecule has 0 radical (unpaired) electrons. The molecule has 0 unspecified atom stereocenters. The first-order valence-electron chi connectivity index (χ1n) is 13.8. The number of rotatable bonds is 9. The zero-order chi connectivity index (χ0) is 30.1. The van der Waals surface area contributed by atoms with Crippen LogP contribution in [0.15, 0.2) is 36.3 Å². The number of hydrazine groups is 3. The van der Waals surface area contributed by atoms with Gasteiger partial charge in [-0.15, -0.1) is 11.1 Å². The van der Waals surface area contributed by atoms with Crippen LogP contribution in [0.25, 0.3) is 5.57 Å². The summed E-state index contributed by atoms with van der Waals surface area (Å²) in [6, 6.07) is 4.58. The minimum absolute atomic E-state index is 0.0172. The highest BCUT2D eigenvalue weighted by atomic mass is 19.4. The predicted octanol–water partition coefficient (Wildman–Crippen LogP) is 4.91. The van der Waals surface area contributed by atoms with Crippen molar-refractivity contribution < 1.29 is 35.9 Å². The van der Waals surface area contributed by atoms with Gasteiger partial charge >= 0.3 is 18.4 Å². The molecular formula is C27H31F6N7O2. The molecule has 1 saturated heterocycles. The predicted molar refractivity (Wildman–Crippen MR) is 139 cm³/mol. The molecule has 1 aliphatic carbocycles. The highest BCUT2D eigenvalue weighted by Crippen LogP contribution is 2.49. The molecule has 3 amide bonds. The lowest BCUT2D eigenvalue weighted by Crippen LogP contribution is -2.60. The number of halogens is 6. The van der Waals surface area contributed by atoms with Crippen LogP contribution in [0.5, 0.6) is 0 Å². The van der Waals surface area contributed by atoms with Crippen molar-refractivity contribution in [2.45, 2.75) is 88.6 Å². The van der Waals surface area contributed by atoms with Gasteiger partial charge in [0.15, 0.2) is 5.54 Å². The molecule has 1 fully saturated rings. The van der Waals surface area contributed by atoms with Gasteiger partial charge in [0.1, 0.15) is 5.70 Å². The number of aryl methyl sites for hydroxylation is 3. The monoisotopic (exact) mass is 599 g/mol. The molecule has 2 aromatic rings. The number of carbonyl (C=O) groups is 2. The number of urea groups is 1. The molecular weight excluding hydrogens is 568 g/mol. The first kappa shape index (κ1) is 29.9. The molecule has 228 valence electrons. The molecule has 3 aliphatic rings. The van der Waals surface area contributed by atoms with Crippen LogP contribution in [0, 0.1) is 0 Å². The van der Waals surface area contributed by atoms with E-state index in [0.29, 0.717) is 24.8 Å². The summed E-state index contributed by atoms with van der Waals surface area (Å²) < 4.78 is 83.4. The van der Waals surface area contributed by atoms with E-state index in [1.165, 1.54) is 10.9 Å². The molecule has 1 aromatic heterocycles. The number of benzene rings is 1. The third-order valence-corrected chi connectivity index (χ3v) is 7.94. The average molecular weight is 600 g/mol. The number of alkyl halides is 6. The Morgan fingerprint density at radius 1 is 0.952 bits per heavy atom. The van der Waals surface area contributed by atoms with Crippen LogP contribution < -0.4 is 21.8 Å². The van der Waals surface area contributed by atoms with Crippen LogP contribution in [0.1, 0.15) is 73.6 Å². The Morgan fingerprint density at radius 2 is 1.69 bits per heavy atom. The van der Waals surface area contributed by atoms with Crippen LogP contribution in [-0.2, 0) is 29.7 Å². The van der Waals surface area contributed by atoms with Crippen LogP contribution >= 0.6 is 0 Å². The standard InChI is InChI=1S/C27H31F6N7O2/c28-26(29,30)11-5-1-2-6-12-39-16-20(15-34-39)25(27(31,32)33)14-21(19-10-9-17-7-3-4-8-18(17)13-19)22(23(41)35-25)40-24(42)36-37-38-40/h9-10,13,15-16,37-38H,1-8,11-12,14H2,(H,35,41)(H,36,42)/t25-/m0/s1. The molecule has 5 rings (SSSR count). The van der Waals surface area contributed by atoms with E-state index in [2.05, 4.69) is 26.9 Å². The fourth-order valence-electron chi connectivity index (χ4n) is 5.75. The summed E-state index contributed by atoms with van der Waals surface area (Å²) in [4.78, 5) is 26.0. The molecule has 15 heteroatoms. The van der Waals surface area contributed by atoms with Crippen LogP contribution in [0.4, 0.5) is 31.1 Å². The molecule has 42 heavy (non-hydrogen) atoms. The molecule has 9 nitrogen and oxygen atoms in total. The number of nitrogens with zero attached hydrogens (tertiary/aromatic N) is 3. The number of nitrogens with one attached hydrogen (secondary N) is 4. The van der Waals surface area contributed by atoms with Crippen molar-refractivity contribution in [2.75, 3.05) is 0 Å². The van der Waals surface area contributed by atoms with E-state index in [9.17, 15) is 22.8 Å². The first-order chi connectivity index (χ1) is 19.9. The third-order valence-electron chi connectivity index (χ3n) is 7.94. The maximum absolute atomic E-state index is 15.0. The van der Waals surface area contributed by atoms with Gasteiger partial charge in [0.2, 0.25) is 0 Å². The second-order valence-corrected chi connectivity index (χ2v) is 10.8. The number of fused-ring (bicyclic) bond motifs is 1. The molecule has 1 atom stereocenters. The Morgan fingerprint density at radius 3 is 2.38 bits per heavy atom. The van der Waals surface area contributed by atoms with Gasteiger partial charge in [-0.1, -0.05) is 31.0 Å². The Kier molecular flexibility index (Phi) is 8.25. The smallest absolute Gasteiger partial charge is 0.332 e. The van der Waals surface area contributed by atoms with Crippen molar-refractivity contribution in [1.29, 1.82) is 0 Å². The zero-order valence-electron chi connectivity index (χ0n) is 22.6. The molecule has 4 N–H and O–H groups in total. The molecule has 0 spiro atoms. The minimum Gasteiger partial charge on any atom is -0.332 e. The van der Waals surface area contributed by atoms with Crippen molar-refractivity contribution in [1.82, 2.24) is 36.6 Å². The van der Waals surface area contributed by atoms with Crippen LogP contribution in [0.2, 0.25) is 0 Å². The summed E-state index contributed by atoms with van der Waals surface area (Å²) in [5, 5.41) is 7.04. The molecule has 1 aromatic carbocycles. The largest absolute Gasteiger partial charge is 0.416 e. The van der Waals surface area contributed by atoms with Crippen LogP contribution in [-0.4, -0.2) is 39.1 Å². The van der Waals surface area contributed by atoms with Gasteiger partial charge < -0.3 is 5.32 Å². The summed E-state index contributed by atoms with van der Waals surface area (Å²) in [7, 11) is 0. The van der Waals surface area contributed by atoms with Crippen molar-refractivity contribution in [3.05, 3.63) is 58.5 Å². The van der Waals surface area contributed by atoms with Crippen molar-refractivity contribution in [3.63, 3.8) is 0 Å². The fourth-order valence-corrected chi connectivity index (χ4v) is 5.75. The summed E-state index contributed by atoms with van der Waals surface area (Å²) in [5.74, 6) is -1.10. The quantitative estimate of drug-likeness (QED) is 0.242. The third kappa shape index (κ3) is 6.11. The topological polar surface area (TPSA) is 103 Å². The molecule has 0 saturated carbocycles. The molecule has 0 bridgehead atoms. The summed E-state index contributed by atoms with van der Waals surface area (Å²) >= 11 is 0. The van der Waals surface area contributed by atoms with E-state index in [-0.39, 0.29) is 29.8 Å². The number of amides is 3. The highest BCUT2D eigenvalue weighted by Gasteiger charge is 2.61. The fraction of sp³-hybridized carbons (Fsp3) is 0.519. The minimum atomic E-state index is -4.95. The second kappa shape index (κ2) is 11.6. The van der Waals surface area contributed by atoms with E-state index in [0.717, 1.165) is 48.0 Å². The number of aromatic nitrogens is 2. The summed E-state index contributed by atoms with van der Waals surface area (Å²) in [5.41, 5.74) is 6.23. The first-order valence-corrected chi connectivity index (χ1v) is 13.8. The van der Waals surface area contributed by atoms with Crippen molar-refractivity contribution in [2.24, 2.45) is 0 Å². The Labute approximate surface area is 237 Å². The van der Waals surface area contributed by atoms with E-state index in [1.54, 1.807) is 12.1 Å². The summed E-state index contributed by atoms with van der Waals surface area (Å²) in [6.45, 7) is 0.205. The summed E-state index contributed by atoms with van der Waals surface area (Å²) in [6.07, 6.45) is -3.71. The SMILES string of the molecule is O=C1N[C@@](c2cnn(CCCCCCC(F)(F)F)c2)(C(F)(F)F)CC(c2ccc3c(c2)CCCC3)=C1N1NNNC1=O. The van der Waals surface area contributed by atoms with E-state index in [4.69, 9.17) is 0 Å². The average Bonchev–Trinajstić information content (AvgIpc) is 3.58. The van der Waals surface area contributed by atoms with Crippen molar-refractivity contribution >= 4 is 17.5 Å². The Balaban J connectivity index is 1.45. The van der Waals surface area contributed by atoms with Crippen LogP contribution in [0.3, 0.4) is 0 Å². The van der Waals surface area contributed by atoms with Gasteiger partial charge in [-0.2, -0.15) is 31.4 Å². The second-order valence-electron chi connectivity index (χ2n) is 10.8. The number of hydrogen-bond acceptors (Lipinski definition) is 5. The maximum atomic E-state index is 15.0. The molecule has 2 aliphatic heterocycles. The van der Waals surface area contributed by atoms with Crippen molar-refractivity contribution in [3.8, 4) is 0 Å². The highest BCUT2D eigenvalue weighted by molar-refractivity contribution is 6.06. The number of carbonyl (C=O) groups excluding carboxylic acids is 2. The van der Waals surface area contributed by atoms with Gasteiger partial charge in [0, 0.05) is 31.1 Å². The van der Waals surface area contributed by atoms with E-state index < -0.39 is 42.7 Å². The van der Waals surface area contributed by atoms with Gasteiger partial charge in [-0.3, -0.25) is 14.9 Å². The van der Waals surface area contributed by atoms with Gasteiger partial charge in [0.05, 0.1) is 6.20 Å². The van der Waals surface area contributed by atoms with Gasteiger partial charge in [-0.05, 0) is 60.8 Å². The lowest BCUT2D eigenvalue weighted by molar-refractivity contribution is -0.202. The Bertz CT molecular complexity index is 1370. The lowest BCUT2D eigenvalue weighted by atomic mass is 9.78. The lowest BCUT2D eigenvalue weighted by Gasteiger charge is -2.41. The normalized spacial score (nSPS) is 21.4. The maximum Gasteiger partial charge on any atom is 0.416 e. The van der Waals surface area contributed by atoms with E-state index >= 15 is 13.2 Å². The van der Waals surface area contributed by atoms with Gasteiger partial charge in [-0.25, -0.2) is 9.80 Å². The number of hydrogen-bond donors (Lipinski definition) is 4. The number of unbranched alkanes of at least 4 members (excludes halogenated alkanes) is 3. The van der Waals surface area contributed by atoms with Gasteiger partial charge in [0.25, 0.3) is 5.91 Å².